The molecule has 3 heterocycles. The topological polar surface area (TPSA) is 121 Å². The first kappa shape index (κ1) is 23.1. The van der Waals surface area contributed by atoms with Gasteiger partial charge in [0.25, 0.3) is 0 Å². The Bertz CT molecular complexity index is 1220. The molecule has 178 valence electrons. The lowest BCUT2D eigenvalue weighted by Gasteiger charge is -2.22. The van der Waals surface area contributed by atoms with E-state index < -0.39 is 6.09 Å². The van der Waals surface area contributed by atoms with Crippen LogP contribution in [0.25, 0.3) is 22.2 Å². The highest BCUT2D eigenvalue weighted by Gasteiger charge is 2.21. The highest BCUT2D eigenvalue weighted by atomic mass is 35.5. The zero-order valence-electron chi connectivity index (χ0n) is 18.4. The minimum atomic E-state index is -0.428. The van der Waals surface area contributed by atoms with E-state index in [1.807, 2.05) is 24.3 Å². The Morgan fingerprint density at radius 3 is 2.85 bits per heavy atom. The predicted molar refractivity (Wildman–Crippen MR) is 130 cm³/mol. The summed E-state index contributed by atoms with van der Waals surface area (Å²) >= 11 is 8.04. The number of halogens is 1. The Hall–Kier alpha value is -2.66. The normalized spacial score (nSPS) is 15.9. The van der Waals surface area contributed by atoms with E-state index in [1.54, 1.807) is 0 Å². The van der Waals surface area contributed by atoms with E-state index in [0.29, 0.717) is 54.7 Å². The van der Waals surface area contributed by atoms with Crippen LogP contribution in [0.1, 0.15) is 24.0 Å². The van der Waals surface area contributed by atoms with E-state index in [4.69, 9.17) is 31.5 Å². The van der Waals surface area contributed by atoms with Crippen molar-refractivity contribution in [2.75, 3.05) is 31.2 Å². The number of alkyl carbamates (subject to hydrolysis) is 1. The first-order valence-corrected chi connectivity index (χ1v) is 12.4. The monoisotopic (exact) mass is 501 g/mol. The fourth-order valence-electron chi connectivity index (χ4n) is 4.18. The number of anilines is 1. The van der Waals surface area contributed by atoms with E-state index >= 15 is 0 Å². The Morgan fingerprint density at radius 1 is 1.18 bits per heavy atom. The Labute approximate surface area is 205 Å². The molecule has 0 radical (unpaired) electrons. The number of hydrogen-bond donors (Lipinski definition) is 2. The summed E-state index contributed by atoms with van der Waals surface area (Å²) in [7, 11) is 0. The third-order valence-corrected chi connectivity index (χ3v) is 6.84. The molecule has 1 saturated heterocycles. The molecule has 34 heavy (non-hydrogen) atoms. The van der Waals surface area contributed by atoms with E-state index in [-0.39, 0.29) is 12.1 Å². The van der Waals surface area contributed by atoms with E-state index in [2.05, 4.69) is 20.3 Å². The van der Waals surface area contributed by atoms with E-state index in [1.165, 1.54) is 11.8 Å². The van der Waals surface area contributed by atoms with E-state index in [0.717, 1.165) is 40.3 Å². The zero-order chi connectivity index (χ0) is 23.5. The van der Waals surface area contributed by atoms with Crippen molar-refractivity contribution >= 4 is 46.2 Å². The largest absolute Gasteiger partial charge is 0.446 e. The molecule has 2 aliphatic rings. The molecule has 5 rings (SSSR count). The average molecular weight is 502 g/mol. The van der Waals surface area contributed by atoms with Gasteiger partial charge in [-0.15, -0.1) is 0 Å². The maximum absolute atomic E-state index is 12.0. The lowest BCUT2D eigenvalue weighted by Crippen LogP contribution is -2.33. The number of nitrogens with zero attached hydrogens (tertiary/aromatic N) is 3. The SMILES string of the molecule is Nc1nc(SCCNC(=O)OC2CCOCC2)nc(-c2c(Cl)cc3c4c(cccc24)COC3)n1. The van der Waals surface area contributed by atoms with Gasteiger partial charge in [-0.1, -0.05) is 41.6 Å². The standard InChI is InChI=1S/C23H24ClN5O4S/c24-17-10-14-12-32-11-13-2-1-3-16(18(13)14)19(17)20-27-21(25)29-22(28-20)34-9-6-26-23(30)33-15-4-7-31-8-5-15/h1-3,10,15H,4-9,11-12H2,(H,26,30)(H2,25,27,28,29). The first-order chi connectivity index (χ1) is 16.6. The number of carbonyl (C=O) groups excluding carboxylic acids is 1. The number of rotatable bonds is 6. The number of ether oxygens (including phenoxy) is 3. The van der Waals surface area contributed by atoms with Gasteiger partial charge in [0.2, 0.25) is 5.95 Å². The number of nitrogens with one attached hydrogen (secondary N) is 1. The fraction of sp³-hybridized carbons (Fsp3) is 0.391. The number of nitrogen functional groups attached to an aromatic ring is 1. The smallest absolute Gasteiger partial charge is 0.407 e. The molecular formula is C23H24ClN5O4S. The van der Waals surface area contributed by atoms with Crippen LogP contribution >= 0.6 is 23.4 Å². The molecular weight excluding hydrogens is 478 g/mol. The number of amides is 1. The van der Waals surface area contributed by atoms with Crippen LogP contribution in [0.2, 0.25) is 5.02 Å². The van der Waals surface area contributed by atoms with E-state index in [9.17, 15) is 4.79 Å². The summed E-state index contributed by atoms with van der Waals surface area (Å²) in [6.45, 7) is 2.70. The second kappa shape index (κ2) is 10.3. The van der Waals surface area contributed by atoms with Crippen molar-refractivity contribution in [3.05, 3.63) is 40.4 Å². The number of hydrogen-bond acceptors (Lipinski definition) is 9. The van der Waals surface area contributed by atoms with Crippen LogP contribution in [0.5, 0.6) is 0 Å². The molecule has 3 N–H and O–H groups in total. The molecule has 0 saturated carbocycles. The lowest BCUT2D eigenvalue weighted by atomic mass is 9.94. The highest BCUT2D eigenvalue weighted by molar-refractivity contribution is 7.99. The highest BCUT2D eigenvalue weighted by Crippen LogP contribution is 2.39. The number of thioether (sulfide) groups is 1. The second-order valence-corrected chi connectivity index (χ2v) is 9.49. The van der Waals surface area contributed by atoms with Gasteiger partial charge in [-0.25, -0.2) is 9.78 Å². The average Bonchev–Trinajstić information content (AvgIpc) is 2.82. The van der Waals surface area contributed by atoms with Gasteiger partial charge in [0, 0.05) is 30.7 Å². The van der Waals surface area contributed by atoms with Gasteiger partial charge in [-0.05, 0) is 28.0 Å². The maximum atomic E-state index is 12.0. The lowest BCUT2D eigenvalue weighted by molar-refractivity contribution is 0.00181. The molecule has 3 aromatic rings. The van der Waals surface area contributed by atoms with Crippen LogP contribution < -0.4 is 11.1 Å². The molecule has 11 heteroatoms. The van der Waals surface area contributed by atoms with Crippen LogP contribution in [0.3, 0.4) is 0 Å². The predicted octanol–water partition coefficient (Wildman–Crippen LogP) is 3.95. The molecule has 2 aromatic carbocycles. The minimum absolute atomic E-state index is 0.0920. The summed E-state index contributed by atoms with van der Waals surface area (Å²) in [5.41, 5.74) is 8.87. The summed E-state index contributed by atoms with van der Waals surface area (Å²) in [4.78, 5) is 25.2. The quantitative estimate of drug-likeness (QED) is 0.381. The van der Waals surface area contributed by atoms with Gasteiger partial charge in [0.05, 0.1) is 31.5 Å². The van der Waals surface area contributed by atoms with Gasteiger partial charge in [0.1, 0.15) is 6.10 Å². The summed E-state index contributed by atoms with van der Waals surface area (Å²) in [6, 6.07) is 7.94. The van der Waals surface area contributed by atoms with Crippen molar-refractivity contribution < 1.29 is 19.0 Å². The summed E-state index contributed by atoms with van der Waals surface area (Å²) in [5.74, 6) is 1.07. The molecule has 2 aliphatic heterocycles. The number of nitrogens with two attached hydrogens (primary N) is 1. The molecule has 9 nitrogen and oxygen atoms in total. The molecule has 1 fully saturated rings. The van der Waals surface area contributed by atoms with Gasteiger partial charge >= 0.3 is 6.09 Å². The second-order valence-electron chi connectivity index (χ2n) is 8.02. The Kier molecular flexibility index (Phi) is 7.00. The molecule has 0 spiro atoms. The molecule has 1 aromatic heterocycles. The zero-order valence-corrected chi connectivity index (χ0v) is 20.0. The van der Waals surface area contributed by atoms with Crippen LogP contribution in [-0.4, -0.2) is 52.7 Å². The fourth-order valence-corrected chi connectivity index (χ4v) is 5.19. The molecule has 1 amide bonds. The van der Waals surface area contributed by atoms with Crippen molar-refractivity contribution in [1.82, 2.24) is 20.3 Å². The number of benzene rings is 2. The van der Waals surface area contributed by atoms with Gasteiger partial charge in [-0.3, -0.25) is 0 Å². The Morgan fingerprint density at radius 2 is 2.00 bits per heavy atom. The molecule has 0 bridgehead atoms. The minimum Gasteiger partial charge on any atom is -0.446 e. The molecule has 0 unspecified atom stereocenters. The van der Waals surface area contributed by atoms with Gasteiger partial charge in [0.15, 0.2) is 11.0 Å². The number of carbonyl (C=O) groups is 1. The molecule has 0 atom stereocenters. The van der Waals surface area contributed by atoms with Crippen molar-refractivity contribution in [2.45, 2.75) is 37.3 Å². The third-order valence-electron chi connectivity index (χ3n) is 5.70. The van der Waals surface area contributed by atoms with Crippen LogP contribution in [-0.2, 0) is 27.4 Å². The first-order valence-electron chi connectivity index (χ1n) is 11.1. The summed E-state index contributed by atoms with van der Waals surface area (Å²) in [6.07, 6.45) is 0.928. The van der Waals surface area contributed by atoms with Crippen LogP contribution in [0.4, 0.5) is 10.7 Å². The van der Waals surface area contributed by atoms with Gasteiger partial charge in [-0.2, -0.15) is 9.97 Å². The molecule has 0 aliphatic carbocycles. The van der Waals surface area contributed by atoms with Crippen molar-refractivity contribution in [3.8, 4) is 11.4 Å². The van der Waals surface area contributed by atoms with Crippen molar-refractivity contribution in [3.63, 3.8) is 0 Å². The van der Waals surface area contributed by atoms with Crippen molar-refractivity contribution in [1.29, 1.82) is 0 Å². The van der Waals surface area contributed by atoms with Crippen LogP contribution in [0.15, 0.2) is 29.4 Å². The van der Waals surface area contributed by atoms with Crippen LogP contribution in [0, 0.1) is 0 Å². The van der Waals surface area contributed by atoms with Gasteiger partial charge < -0.3 is 25.3 Å². The summed E-state index contributed by atoms with van der Waals surface area (Å²) < 4.78 is 16.3. The third kappa shape index (κ3) is 5.05. The van der Waals surface area contributed by atoms with Crippen molar-refractivity contribution in [2.24, 2.45) is 0 Å². The Balaban J connectivity index is 1.29. The summed E-state index contributed by atoms with van der Waals surface area (Å²) in [5, 5.41) is 5.83. The maximum Gasteiger partial charge on any atom is 0.407 e. The number of aromatic nitrogens is 3.